The lowest BCUT2D eigenvalue weighted by atomic mass is 9.86. The van der Waals surface area contributed by atoms with Crippen molar-refractivity contribution in [3.8, 4) is 0 Å². The molecule has 1 N–H and O–H groups in total. The van der Waals surface area contributed by atoms with Gasteiger partial charge in [-0.05, 0) is 18.1 Å². The average Bonchev–Trinajstić information content (AvgIpc) is 2.67. The molecule has 3 atom stereocenters. The standard InChI is InChI=1S/C13H15NO/c1-15-12-8-4-6-10-9-5-2-3-7-11(9)14-13(10)12/h2-7,10,12-14H,8H2,1H3. The van der Waals surface area contributed by atoms with E-state index in [0.29, 0.717) is 18.1 Å². The first-order chi connectivity index (χ1) is 7.40. The summed E-state index contributed by atoms with van der Waals surface area (Å²) in [5, 5.41) is 3.56. The number of anilines is 1. The van der Waals surface area contributed by atoms with Gasteiger partial charge in [-0.2, -0.15) is 0 Å². The van der Waals surface area contributed by atoms with E-state index in [2.05, 4.69) is 41.7 Å². The molecule has 15 heavy (non-hydrogen) atoms. The Balaban J connectivity index is 2.01. The van der Waals surface area contributed by atoms with Gasteiger partial charge in [0.05, 0.1) is 12.1 Å². The fourth-order valence-electron chi connectivity index (χ4n) is 2.68. The Morgan fingerprint density at radius 1 is 1.33 bits per heavy atom. The van der Waals surface area contributed by atoms with Gasteiger partial charge in [0.25, 0.3) is 0 Å². The number of fused-ring (bicyclic) bond motifs is 3. The Morgan fingerprint density at radius 2 is 2.20 bits per heavy atom. The lowest BCUT2D eigenvalue weighted by molar-refractivity contribution is 0.0828. The van der Waals surface area contributed by atoms with Gasteiger partial charge in [-0.15, -0.1) is 0 Å². The molecule has 0 aromatic heterocycles. The topological polar surface area (TPSA) is 21.3 Å². The Hall–Kier alpha value is -1.28. The number of benzene rings is 1. The molecule has 2 heteroatoms. The molecule has 1 aromatic rings. The van der Waals surface area contributed by atoms with Crippen LogP contribution in [0.4, 0.5) is 5.69 Å². The monoisotopic (exact) mass is 201 g/mol. The van der Waals surface area contributed by atoms with Crippen LogP contribution in [-0.2, 0) is 4.74 Å². The van der Waals surface area contributed by atoms with Gasteiger partial charge >= 0.3 is 0 Å². The molecular formula is C13H15NO. The molecule has 2 aliphatic rings. The first-order valence-electron chi connectivity index (χ1n) is 5.45. The van der Waals surface area contributed by atoms with Crippen molar-refractivity contribution >= 4 is 5.69 Å². The summed E-state index contributed by atoms with van der Waals surface area (Å²) >= 11 is 0. The molecule has 2 nitrogen and oxygen atoms in total. The minimum absolute atomic E-state index is 0.299. The number of ether oxygens (including phenoxy) is 1. The maximum Gasteiger partial charge on any atom is 0.0815 e. The fourth-order valence-corrected chi connectivity index (χ4v) is 2.68. The fraction of sp³-hybridized carbons (Fsp3) is 0.385. The predicted molar refractivity (Wildman–Crippen MR) is 61.1 cm³/mol. The van der Waals surface area contributed by atoms with Gasteiger partial charge in [-0.25, -0.2) is 0 Å². The Morgan fingerprint density at radius 3 is 3.07 bits per heavy atom. The third-order valence-corrected chi connectivity index (χ3v) is 3.44. The SMILES string of the molecule is COC1CC=CC2c3ccccc3NC12. The Labute approximate surface area is 89.9 Å². The Kier molecular flexibility index (Phi) is 2.03. The van der Waals surface area contributed by atoms with E-state index in [-0.39, 0.29) is 0 Å². The predicted octanol–water partition coefficient (Wildman–Crippen LogP) is 2.54. The smallest absolute Gasteiger partial charge is 0.0815 e. The lowest BCUT2D eigenvalue weighted by Crippen LogP contribution is -2.37. The van der Waals surface area contributed by atoms with Crippen molar-refractivity contribution in [1.82, 2.24) is 0 Å². The first-order valence-corrected chi connectivity index (χ1v) is 5.45. The van der Waals surface area contributed by atoms with E-state index in [4.69, 9.17) is 4.74 Å². The van der Waals surface area contributed by atoms with Crippen LogP contribution in [0.15, 0.2) is 36.4 Å². The minimum Gasteiger partial charge on any atom is -0.379 e. The normalized spacial score (nSPS) is 31.9. The van der Waals surface area contributed by atoms with Gasteiger partial charge < -0.3 is 10.1 Å². The van der Waals surface area contributed by atoms with E-state index in [1.165, 1.54) is 11.3 Å². The van der Waals surface area contributed by atoms with Crippen molar-refractivity contribution in [2.75, 3.05) is 12.4 Å². The summed E-state index contributed by atoms with van der Waals surface area (Å²) in [5.74, 6) is 0.486. The number of methoxy groups -OCH3 is 1. The molecule has 3 unspecified atom stereocenters. The second kappa shape index (κ2) is 3.38. The molecule has 3 rings (SSSR count). The molecule has 78 valence electrons. The van der Waals surface area contributed by atoms with Crippen molar-refractivity contribution in [3.05, 3.63) is 42.0 Å². The van der Waals surface area contributed by atoms with E-state index in [1.54, 1.807) is 7.11 Å². The molecule has 0 saturated heterocycles. The number of hydrogen-bond acceptors (Lipinski definition) is 2. The van der Waals surface area contributed by atoms with Crippen LogP contribution in [-0.4, -0.2) is 19.3 Å². The minimum atomic E-state index is 0.299. The maximum absolute atomic E-state index is 5.52. The van der Waals surface area contributed by atoms with E-state index in [0.717, 1.165) is 6.42 Å². The molecule has 0 spiro atoms. The summed E-state index contributed by atoms with van der Waals surface area (Å²) in [4.78, 5) is 0. The average molecular weight is 201 g/mol. The van der Waals surface area contributed by atoms with E-state index in [9.17, 15) is 0 Å². The van der Waals surface area contributed by atoms with Gasteiger partial charge in [-0.3, -0.25) is 0 Å². The van der Waals surface area contributed by atoms with Crippen LogP contribution in [0.5, 0.6) is 0 Å². The summed E-state index contributed by atoms with van der Waals surface area (Å²) in [7, 11) is 1.80. The molecular weight excluding hydrogens is 186 g/mol. The summed E-state index contributed by atoms with van der Waals surface area (Å²) in [6.07, 6.45) is 5.85. The van der Waals surface area contributed by atoms with Crippen molar-refractivity contribution in [2.45, 2.75) is 24.5 Å². The zero-order valence-corrected chi connectivity index (χ0v) is 8.81. The highest BCUT2D eigenvalue weighted by Crippen LogP contribution is 2.41. The van der Waals surface area contributed by atoms with Gasteiger partial charge in [0, 0.05) is 18.7 Å². The van der Waals surface area contributed by atoms with Gasteiger partial charge in [0.2, 0.25) is 0 Å². The highest BCUT2D eigenvalue weighted by molar-refractivity contribution is 5.61. The van der Waals surface area contributed by atoms with Crippen molar-refractivity contribution in [1.29, 1.82) is 0 Å². The molecule has 1 aliphatic heterocycles. The van der Waals surface area contributed by atoms with Crippen LogP contribution in [0.2, 0.25) is 0 Å². The lowest BCUT2D eigenvalue weighted by Gasteiger charge is -2.29. The highest BCUT2D eigenvalue weighted by atomic mass is 16.5. The molecule has 0 bridgehead atoms. The zero-order chi connectivity index (χ0) is 10.3. The van der Waals surface area contributed by atoms with Crippen LogP contribution in [0.1, 0.15) is 17.9 Å². The molecule has 0 radical (unpaired) electrons. The third-order valence-electron chi connectivity index (χ3n) is 3.44. The summed E-state index contributed by atoms with van der Waals surface area (Å²) in [5.41, 5.74) is 2.67. The van der Waals surface area contributed by atoms with Gasteiger partial charge in [0.1, 0.15) is 0 Å². The molecule has 0 saturated carbocycles. The first kappa shape index (κ1) is 8.98. The quantitative estimate of drug-likeness (QED) is 0.705. The van der Waals surface area contributed by atoms with Crippen LogP contribution < -0.4 is 5.32 Å². The molecule has 0 amide bonds. The number of hydrogen-bond donors (Lipinski definition) is 1. The van der Waals surface area contributed by atoms with E-state index < -0.39 is 0 Å². The van der Waals surface area contributed by atoms with Crippen LogP contribution in [0.25, 0.3) is 0 Å². The van der Waals surface area contributed by atoms with E-state index in [1.807, 2.05) is 0 Å². The molecule has 1 heterocycles. The Bertz CT molecular complexity index is 399. The molecule has 1 aromatic carbocycles. The van der Waals surface area contributed by atoms with Crippen LogP contribution >= 0.6 is 0 Å². The number of nitrogens with one attached hydrogen (secondary N) is 1. The highest BCUT2D eigenvalue weighted by Gasteiger charge is 2.37. The van der Waals surface area contributed by atoms with Crippen molar-refractivity contribution in [2.24, 2.45) is 0 Å². The van der Waals surface area contributed by atoms with Crippen LogP contribution in [0, 0.1) is 0 Å². The zero-order valence-electron chi connectivity index (χ0n) is 8.81. The molecule has 1 aliphatic carbocycles. The second-order valence-corrected chi connectivity index (χ2v) is 4.22. The van der Waals surface area contributed by atoms with E-state index >= 15 is 0 Å². The third kappa shape index (κ3) is 1.29. The summed E-state index contributed by atoms with van der Waals surface area (Å²) in [6.45, 7) is 0. The summed E-state index contributed by atoms with van der Waals surface area (Å²) in [6, 6.07) is 8.95. The van der Waals surface area contributed by atoms with Crippen LogP contribution in [0.3, 0.4) is 0 Å². The van der Waals surface area contributed by atoms with Gasteiger partial charge in [0.15, 0.2) is 0 Å². The number of para-hydroxylation sites is 1. The molecule has 0 fully saturated rings. The largest absolute Gasteiger partial charge is 0.379 e. The maximum atomic E-state index is 5.52. The van der Waals surface area contributed by atoms with Crippen molar-refractivity contribution < 1.29 is 4.74 Å². The van der Waals surface area contributed by atoms with Gasteiger partial charge in [-0.1, -0.05) is 30.4 Å². The second-order valence-electron chi connectivity index (χ2n) is 4.22. The van der Waals surface area contributed by atoms with Crippen molar-refractivity contribution in [3.63, 3.8) is 0 Å². The number of rotatable bonds is 1. The summed E-state index contributed by atoms with van der Waals surface area (Å²) < 4.78 is 5.52.